The molecule has 1 aromatic rings. The first-order valence-electron chi connectivity index (χ1n) is 11.5. The molecule has 1 saturated heterocycles. The van der Waals surface area contributed by atoms with E-state index < -0.39 is 11.2 Å². The number of nitrogens with one attached hydrogen (secondary N) is 1. The molecule has 172 valence electrons. The summed E-state index contributed by atoms with van der Waals surface area (Å²) < 4.78 is 1.34. The molecule has 1 saturated carbocycles. The first-order chi connectivity index (χ1) is 14.7. The maximum Gasteiger partial charge on any atom is 0.330 e. The summed E-state index contributed by atoms with van der Waals surface area (Å²) in [6.45, 7) is 7.65. The summed E-state index contributed by atoms with van der Waals surface area (Å²) in [5.74, 6) is -0.228. The van der Waals surface area contributed by atoms with Crippen molar-refractivity contribution < 1.29 is 9.59 Å². The molecular formula is C22H35N5O4. The Bertz CT molecular complexity index is 931. The number of amides is 2. The van der Waals surface area contributed by atoms with E-state index in [9.17, 15) is 19.2 Å². The fourth-order valence-corrected chi connectivity index (χ4v) is 4.22. The summed E-state index contributed by atoms with van der Waals surface area (Å²) in [5.41, 5.74) is 5.11. The van der Waals surface area contributed by atoms with E-state index in [-0.39, 0.29) is 41.1 Å². The Morgan fingerprint density at radius 3 is 2.52 bits per heavy atom. The van der Waals surface area contributed by atoms with Gasteiger partial charge < -0.3 is 15.5 Å². The van der Waals surface area contributed by atoms with Crippen LogP contribution < -0.4 is 21.9 Å². The number of carbonyl (C=O) groups excluding carboxylic acids is 2. The Morgan fingerprint density at radius 1 is 1.19 bits per heavy atom. The lowest BCUT2D eigenvalue weighted by molar-refractivity contribution is -0.136. The second kappa shape index (κ2) is 9.70. The van der Waals surface area contributed by atoms with Gasteiger partial charge in [-0.05, 0) is 38.0 Å². The monoisotopic (exact) mass is 433 g/mol. The minimum atomic E-state index is -0.647. The van der Waals surface area contributed by atoms with Crippen LogP contribution in [0, 0.1) is 17.8 Å². The molecule has 2 aliphatic rings. The van der Waals surface area contributed by atoms with Gasteiger partial charge in [0.2, 0.25) is 11.8 Å². The molecule has 0 aromatic carbocycles. The van der Waals surface area contributed by atoms with E-state index in [1.807, 2.05) is 20.8 Å². The number of nitrogen functional groups attached to an aromatic ring is 1. The number of unbranched alkanes of at least 4 members (excludes halogenated alkanes) is 1. The number of aromatic amines is 1. The van der Waals surface area contributed by atoms with Crippen LogP contribution in [-0.2, 0) is 16.1 Å². The Kier molecular flexibility index (Phi) is 7.23. The quantitative estimate of drug-likeness (QED) is 0.644. The van der Waals surface area contributed by atoms with Crippen molar-refractivity contribution in [3.63, 3.8) is 0 Å². The zero-order valence-electron chi connectivity index (χ0n) is 18.9. The van der Waals surface area contributed by atoms with Crippen molar-refractivity contribution in [3.05, 3.63) is 20.8 Å². The third kappa shape index (κ3) is 5.19. The summed E-state index contributed by atoms with van der Waals surface area (Å²) in [4.78, 5) is 56.8. The molecule has 3 rings (SSSR count). The van der Waals surface area contributed by atoms with E-state index in [2.05, 4.69) is 4.98 Å². The highest BCUT2D eigenvalue weighted by Gasteiger charge is 2.38. The standard InChI is InChI=1S/C22H35N5O4/c1-4-5-11-26-18(23)17(19(28)24-22(26)31)27(12-14(2)3)21(30)16-7-6-10-25(13-16)20(29)15-8-9-15/h14-16H,4-13,23H2,1-3H3,(H,24,28,31). The smallest absolute Gasteiger partial charge is 0.330 e. The van der Waals surface area contributed by atoms with Gasteiger partial charge in [-0.3, -0.25) is 23.9 Å². The summed E-state index contributed by atoms with van der Waals surface area (Å²) in [7, 11) is 0. The van der Waals surface area contributed by atoms with E-state index in [1.165, 1.54) is 9.47 Å². The SMILES string of the molecule is CCCCn1c(N)c(N(CC(C)C)C(=O)C2CCCN(C(=O)C3CC3)C2)c(=O)[nH]c1=O. The van der Waals surface area contributed by atoms with E-state index in [0.29, 0.717) is 32.6 Å². The number of H-pyrrole nitrogens is 1. The first-order valence-corrected chi connectivity index (χ1v) is 11.5. The zero-order chi connectivity index (χ0) is 22.7. The fraction of sp³-hybridized carbons (Fsp3) is 0.727. The molecule has 9 nitrogen and oxygen atoms in total. The molecule has 1 aliphatic heterocycles. The Hall–Kier alpha value is -2.58. The Morgan fingerprint density at radius 2 is 1.90 bits per heavy atom. The van der Waals surface area contributed by atoms with Crippen LogP contribution in [-0.4, -0.2) is 45.9 Å². The first kappa shape index (κ1) is 23.1. The molecule has 0 radical (unpaired) electrons. The van der Waals surface area contributed by atoms with Gasteiger partial charge in [-0.15, -0.1) is 0 Å². The second-order valence-electron chi connectivity index (χ2n) is 9.24. The van der Waals surface area contributed by atoms with Crippen LogP contribution in [0.25, 0.3) is 0 Å². The molecule has 0 bridgehead atoms. The number of carbonyl (C=O) groups is 2. The molecule has 3 N–H and O–H groups in total. The predicted molar refractivity (Wildman–Crippen MR) is 120 cm³/mol. The fourth-order valence-electron chi connectivity index (χ4n) is 4.22. The lowest BCUT2D eigenvalue weighted by Crippen LogP contribution is -2.50. The molecule has 0 spiro atoms. The summed E-state index contributed by atoms with van der Waals surface area (Å²) >= 11 is 0. The topological polar surface area (TPSA) is 121 Å². The van der Waals surface area contributed by atoms with Crippen LogP contribution in [0.15, 0.2) is 9.59 Å². The van der Waals surface area contributed by atoms with Gasteiger partial charge in [-0.25, -0.2) is 4.79 Å². The molecule has 1 aromatic heterocycles. The van der Waals surface area contributed by atoms with E-state index >= 15 is 0 Å². The predicted octanol–water partition coefficient (Wildman–Crippen LogP) is 1.56. The normalized spacial score (nSPS) is 19.0. The van der Waals surface area contributed by atoms with Gasteiger partial charge in [0.1, 0.15) is 5.82 Å². The van der Waals surface area contributed by atoms with E-state index in [1.54, 1.807) is 4.90 Å². The summed E-state index contributed by atoms with van der Waals surface area (Å²) in [6.07, 6.45) is 4.87. The average molecular weight is 434 g/mol. The van der Waals surface area contributed by atoms with Crippen LogP contribution in [0.4, 0.5) is 11.5 Å². The van der Waals surface area contributed by atoms with Crippen LogP contribution in [0.3, 0.4) is 0 Å². The van der Waals surface area contributed by atoms with Gasteiger partial charge in [-0.2, -0.15) is 0 Å². The van der Waals surface area contributed by atoms with Gasteiger partial charge >= 0.3 is 5.69 Å². The number of piperidine rings is 1. The van der Waals surface area contributed by atoms with Crippen molar-refractivity contribution in [1.82, 2.24) is 14.5 Å². The molecule has 9 heteroatoms. The molecule has 1 atom stereocenters. The maximum atomic E-state index is 13.6. The van der Waals surface area contributed by atoms with Gasteiger partial charge in [0, 0.05) is 32.1 Å². The van der Waals surface area contributed by atoms with Crippen LogP contribution >= 0.6 is 0 Å². The second-order valence-corrected chi connectivity index (χ2v) is 9.24. The average Bonchev–Trinajstić information content (AvgIpc) is 3.57. The third-order valence-electron chi connectivity index (χ3n) is 6.04. The number of likely N-dealkylation sites (tertiary alicyclic amines) is 1. The molecule has 31 heavy (non-hydrogen) atoms. The number of nitrogens with zero attached hydrogens (tertiary/aromatic N) is 3. The molecule has 2 heterocycles. The van der Waals surface area contributed by atoms with Crippen molar-refractivity contribution in [3.8, 4) is 0 Å². The number of hydrogen-bond acceptors (Lipinski definition) is 5. The number of hydrogen-bond donors (Lipinski definition) is 2. The van der Waals surface area contributed by atoms with E-state index in [4.69, 9.17) is 5.73 Å². The highest BCUT2D eigenvalue weighted by atomic mass is 16.2. The highest BCUT2D eigenvalue weighted by Crippen LogP contribution is 2.33. The molecule has 2 fully saturated rings. The third-order valence-corrected chi connectivity index (χ3v) is 6.04. The summed E-state index contributed by atoms with van der Waals surface area (Å²) in [5, 5.41) is 0. The lowest BCUT2D eigenvalue weighted by atomic mass is 9.95. The van der Waals surface area contributed by atoms with Gasteiger partial charge in [0.15, 0.2) is 5.69 Å². The minimum Gasteiger partial charge on any atom is -0.383 e. The molecular weight excluding hydrogens is 398 g/mol. The van der Waals surface area contributed by atoms with Gasteiger partial charge in [0.05, 0.1) is 5.92 Å². The van der Waals surface area contributed by atoms with Gasteiger partial charge in [0.25, 0.3) is 5.56 Å². The summed E-state index contributed by atoms with van der Waals surface area (Å²) in [6, 6.07) is 0. The Balaban J connectivity index is 1.93. The van der Waals surface area contributed by atoms with Crippen LogP contribution in [0.1, 0.15) is 59.3 Å². The van der Waals surface area contributed by atoms with Crippen molar-refractivity contribution in [2.75, 3.05) is 30.3 Å². The minimum absolute atomic E-state index is 0.0259. The molecule has 1 unspecified atom stereocenters. The molecule has 2 amide bonds. The van der Waals surface area contributed by atoms with Crippen molar-refractivity contribution in [1.29, 1.82) is 0 Å². The number of nitrogens with two attached hydrogens (primary N) is 1. The lowest BCUT2D eigenvalue weighted by Gasteiger charge is -2.35. The van der Waals surface area contributed by atoms with Crippen molar-refractivity contribution >= 4 is 23.3 Å². The van der Waals surface area contributed by atoms with Crippen LogP contribution in [0.5, 0.6) is 0 Å². The van der Waals surface area contributed by atoms with Crippen molar-refractivity contribution in [2.24, 2.45) is 17.8 Å². The van der Waals surface area contributed by atoms with Crippen molar-refractivity contribution in [2.45, 2.75) is 65.8 Å². The largest absolute Gasteiger partial charge is 0.383 e. The number of aromatic nitrogens is 2. The zero-order valence-corrected chi connectivity index (χ0v) is 18.9. The number of rotatable bonds is 8. The number of anilines is 2. The van der Waals surface area contributed by atoms with Gasteiger partial charge in [-0.1, -0.05) is 27.2 Å². The van der Waals surface area contributed by atoms with Crippen LogP contribution in [0.2, 0.25) is 0 Å². The Labute approximate surface area is 182 Å². The highest BCUT2D eigenvalue weighted by molar-refractivity contribution is 5.97. The molecule has 1 aliphatic carbocycles. The maximum absolute atomic E-state index is 13.6. The van der Waals surface area contributed by atoms with E-state index in [0.717, 1.165) is 32.1 Å².